The number of hydrogen-bond donors (Lipinski definition) is 2. The summed E-state index contributed by atoms with van der Waals surface area (Å²) in [7, 11) is 0. The van der Waals surface area contributed by atoms with Crippen molar-refractivity contribution >= 4 is 23.5 Å². The van der Waals surface area contributed by atoms with Gasteiger partial charge in [-0.3, -0.25) is 14.5 Å². The van der Waals surface area contributed by atoms with Crippen molar-refractivity contribution in [1.29, 1.82) is 0 Å². The standard InChI is InChI=1S/C19H25N3O4/c1-3-26-15-9-7-14(8-10-15)20-16(23)12-22-17(24)19(21-18(22)25)11-5-4-6-13(19)2/h7-10,13H,3-6,11-12H2,1-2H3,(H,20,23)(H,21,25)/t13-,19+/m1/s1. The van der Waals surface area contributed by atoms with E-state index in [1.54, 1.807) is 24.3 Å². The maximum atomic E-state index is 12.9. The van der Waals surface area contributed by atoms with Gasteiger partial charge in [-0.25, -0.2) is 4.79 Å². The molecule has 1 spiro atoms. The summed E-state index contributed by atoms with van der Waals surface area (Å²) >= 11 is 0. The average Bonchev–Trinajstić information content (AvgIpc) is 2.85. The second-order valence-electron chi connectivity index (χ2n) is 6.95. The number of amides is 4. The summed E-state index contributed by atoms with van der Waals surface area (Å²) in [6, 6.07) is 6.47. The molecule has 1 aromatic carbocycles. The van der Waals surface area contributed by atoms with Gasteiger partial charge in [0.1, 0.15) is 17.8 Å². The van der Waals surface area contributed by atoms with E-state index in [0.717, 1.165) is 24.2 Å². The number of imide groups is 1. The van der Waals surface area contributed by atoms with E-state index in [1.807, 2.05) is 13.8 Å². The fourth-order valence-corrected chi connectivity index (χ4v) is 3.78. The van der Waals surface area contributed by atoms with Crippen molar-refractivity contribution in [1.82, 2.24) is 10.2 Å². The van der Waals surface area contributed by atoms with E-state index < -0.39 is 17.5 Å². The lowest BCUT2D eigenvalue weighted by molar-refractivity contribution is -0.136. The van der Waals surface area contributed by atoms with Crippen molar-refractivity contribution in [2.24, 2.45) is 5.92 Å². The SMILES string of the molecule is CCOc1ccc(NC(=O)CN2C(=O)N[C@]3(CCCC[C@H]3C)C2=O)cc1. The molecule has 140 valence electrons. The minimum absolute atomic E-state index is 0.0758. The number of benzene rings is 1. The Balaban J connectivity index is 1.63. The maximum absolute atomic E-state index is 12.9. The topological polar surface area (TPSA) is 87.7 Å². The Kier molecular flexibility index (Phi) is 5.15. The number of nitrogens with one attached hydrogen (secondary N) is 2. The molecule has 2 atom stereocenters. The minimum Gasteiger partial charge on any atom is -0.494 e. The van der Waals surface area contributed by atoms with E-state index in [1.165, 1.54) is 0 Å². The van der Waals surface area contributed by atoms with Crippen LogP contribution in [0.25, 0.3) is 0 Å². The molecule has 0 bridgehead atoms. The quantitative estimate of drug-likeness (QED) is 0.791. The molecule has 2 N–H and O–H groups in total. The summed E-state index contributed by atoms with van der Waals surface area (Å²) in [6.45, 7) is 4.17. The first kappa shape index (κ1) is 18.2. The highest BCUT2D eigenvalue weighted by Gasteiger charge is 2.55. The highest BCUT2D eigenvalue weighted by molar-refractivity contribution is 6.10. The molecule has 0 unspecified atom stereocenters. The van der Waals surface area contributed by atoms with E-state index in [0.29, 0.717) is 24.5 Å². The van der Waals surface area contributed by atoms with Crippen LogP contribution in [0.4, 0.5) is 10.5 Å². The number of anilines is 1. The van der Waals surface area contributed by atoms with Crippen molar-refractivity contribution in [3.63, 3.8) is 0 Å². The van der Waals surface area contributed by atoms with Gasteiger partial charge in [-0.15, -0.1) is 0 Å². The van der Waals surface area contributed by atoms with Crippen LogP contribution >= 0.6 is 0 Å². The van der Waals surface area contributed by atoms with Crippen molar-refractivity contribution in [3.8, 4) is 5.75 Å². The number of hydrogen-bond acceptors (Lipinski definition) is 4. The van der Waals surface area contributed by atoms with Crippen LogP contribution in [0.15, 0.2) is 24.3 Å². The van der Waals surface area contributed by atoms with Crippen LogP contribution in [0.2, 0.25) is 0 Å². The zero-order chi connectivity index (χ0) is 18.7. The van der Waals surface area contributed by atoms with Crippen LogP contribution in [0.5, 0.6) is 5.75 Å². The summed E-state index contributed by atoms with van der Waals surface area (Å²) in [5.74, 6) is 0.106. The summed E-state index contributed by atoms with van der Waals surface area (Å²) in [5, 5.41) is 5.56. The zero-order valence-corrected chi connectivity index (χ0v) is 15.2. The summed E-state index contributed by atoms with van der Waals surface area (Å²) in [5.41, 5.74) is -0.249. The minimum atomic E-state index is -0.839. The van der Waals surface area contributed by atoms with E-state index in [2.05, 4.69) is 10.6 Å². The number of rotatable bonds is 5. The average molecular weight is 359 g/mol. The van der Waals surface area contributed by atoms with Gasteiger partial charge >= 0.3 is 6.03 Å². The molecule has 1 saturated carbocycles. The summed E-state index contributed by atoms with van der Waals surface area (Å²) in [6.07, 6.45) is 3.50. The second-order valence-corrected chi connectivity index (χ2v) is 6.95. The number of carbonyl (C=O) groups is 3. The van der Waals surface area contributed by atoms with Crippen LogP contribution in [0, 0.1) is 5.92 Å². The molecule has 4 amide bonds. The predicted octanol–water partition coefficient (Wildman–Crippen LogP) is 2.52. The molecule has 1 aliphatic heterocycles. The Morgan fingerprint density at radius 1 is 1.31 bits per heavy atom. The van der Waals surface area contributed by atoms with E-state index in [9.17, 15) is 14.4 Å². The third kappa shape index (κ3) is 3.38. The molecule has 2 fully saturated rings. The highest BCUT2D eigenvalue weighted by Crippen LogP contribution is 2.38. The second kappa shape index (κ2) is 7.35. The van der Waals surface area contributed by atoms with E-state index in [4.69, 9.17) is 4.74 Å². The number of ether oxygens (including phenoxy) is 1. The van der Waals surface area contributed by atoms with Crippen molar-refractivity contribution in [2.45, 2.75) is 45.1 Å². The first-order valence-corrected chi connectivity index (χ1v) is 9.13. The van der Waals surface area contributed by atoms with E-state index >= 15 is 0 Å². The van der Waals surface area contributed by atoms with Crippen LogP contribution < -0.4 is 15.4 Å². The fraction of sp³-hybridized carbons (Fsp3) is 0.526. The first-order valence-electron chi connectivity index (χ1n) is 9.13. The normalized spacial score (nSPS) is 25.3. The van der Waals surface area contributed by atoms with Gasteiger partial charge in [0.15, 0.2) is 0 Å². The summed E-state index contributed by atoms with van der Waals surface area (Å²) < 4.78 is 5.36. The Morgan fingerprint density at radius 3 is 2.69 bits per heavy atom. The van der Waals surface area contributed by atoms with Gasteiger partial charge in [-0.05, 0) is 49.9 Å². The molecule has 1 aliphatic carbocycles. The maximum Gasteiger partial charge on any atom is 0.325 e. The van der Waals surface area contributed by atoms with Gasteiger partial charge < -0.3 is 15.4 Å². The Hall–Kier alpha value is -2.57. The van der Waals surface area contributed by atoms with Crippen LogP contribution in [-0.2, 0) is 9.59 Å². The summed E-state index contributed by atoms with van der Waals surface area (Å²) in [4.78, 5) is 38.5. The van der Waals surface area contributed by atoms with Crippen LogP contribution in [-0.4, -0.2) is 41.4 Å². The smallest absolute Gasteiger partial charge is 0.325 e. The molecule has 7 nitrogen and oxygen atoms in total. The Labute approximate surface area is 153 Å². The predicted molar refractivity (Wildman–Crippen MR) is 96.8 cm³/mol. The lowest BCUT2D eigenvalue weighted by atomic mass is 9.73. The monoisotopic (exact) mass is 359 g/mol. The third-order valence-corrected chi connectivity index (χ3v) is 5.25. The van der Waals surface area contributed by atoms with Gasteiger partial charge in [0.2, 0.25) is 5.91 Å². The number of carbonyl (C=O) groups excluding carboxylic acids is 3. The molecule has 0 aromatic heterocycles. The Morgan fingerprint density at radius 2 is 2.04 bits per heavy atom. The first-order chi connectivity index (χ1) is 12.5. The van der Waals surface area contributed by atoms with Crippen LogP contribution in [0.3, 0.4) is 0 Å². The van der Waals surface area contributed by atoms with Gasteiger partial charge in [0.05, 0.1) is 6.61 Å². The van der Waals surface area contributed by atoms with E-state index in [-0.39, 0.29) is 18.4 Å². The Bertz CT molecular complexity index is 703. The fourth-order valence-electron chi connectivity index (χ4n) is 3.78. The molecule has 3 rings (SSSR count). The molecule has 1 aromatic rings. The third-order valence-electron chi connectivity index (χ3n) is 5.25. The number of urea groups is 1. The van der Waals surface area contributed by atoms with Gasteiger partial charge in [-0.1, -0.05) is 19.8 Å². The zero-order valence-electron chi connectivity index (χ0n) is 15.2. The van der Waals surface area contributed by atoms with Gasteiger partial charge in [-0.2, -0.15) is 0 Å². The highest BCUT2D eigenvalue weighted by atomic mass is 16.5. The number of nitrogens with zero attached hydrogens (tertiary/aromatic N) is 1. The van der Waals surface area contributed by atoms with Gasteiger partial charge in [0, 0.05) is 5.69 Å². The molecule has 1 heterocycles. The molecular formula is C19H25N3O4. The molecule has 1 saturated heterocycles. The van der Waals surface area contributed by atoms with Crippen LogP contribution in [0.1, 0.15) is 39.5 Å². The van der Waals surface area contributed by atoms with Crippen molar-refractivity contribution in [3.05, 3.63) is 24.3 Å². The lowest BCUT2D eigenvalue weighted by Crippen LogP contribution is -2.54. The molecule has 26 heavy (non-hydrogen) atoms. The molecule has 0 radical (unpaired) electrons. The largest absolute Gasteiger partial charge is 0.494 e. The van der Waals surface area contributed by atoms with Crippen molar-refractivity contribution < 1.29 is 19.1 Å². The van der Waals surface area contributed by atoms with Gasteiger partial charge in [0.25, 0.3) is 5.91 Å². The lowest BCUT2D eigenvalue weighted by Gasteiger charge is -2.36. The molecule has 7 heteroatoms. The van der Waals surface area contributed by atoms with Crippen molar-refractivity contribution in [2.75, 3.05) is 18.5 Å². The molecule has 2 aliphatic rings. The molecular weight excluding hydrogens is 334 g/mol.